The highest BCUT2D eigenvalue weighted by Crippen LogP contribution is 2.43. The predicted octanol–water partition coefficient (Wildman–Crippen LogP) is 0.916. The molecule has 0 atom stereocenters. The quantitative estimate of drug-likeness (QED) is 0.600. The lowest BCUT2D eigenvalue weighted by molar-refractivity contribution is 0.194. The van der Waals surface area contributed by atoms with Gasteiger partial charge in [0.15, 0.2) is 0 Å². The highest BCUT2D eigenvalue weighted by molar-refractivity contribution is 5.10. The van der Waals surface area contributed by atoms with E-state index in [2.05, 4.69) is 11.4 Å². The molecule has 0 bridgehead atoms. The summed E-state index contributed by atoms with van der Waals surface area (Å²) >= 11 is 0. The van der Waals surface area contributed by atoms with Gasteiger partial charge in [0.2, 0.25) is 0 Å². The topological polar surface area (TPSA) is 45.0 Å². The Morgan fingerprint density at radius 3 is 2.83 bits per heavy atom. The van der Waals surface area contributed by atoms with E-state index in [4.69, 9.17) is 10.00 Å². The molecule has 1 N–H and O–H groups in total. The summed E-state index contributed by atoms with van der Waals surface area (Å²) in [5, 5.41) is 12.0. The van der Waals surface area contributed by atoms with Gasteiger partial charge in [-0.25, -0.2) is 0 Å². The van der Waals surface area contributed by atoms with Crippen molar-refractivity contribution in [3.8, 4) is 6.07 Å². The lowest BCUT2D eigenvalue weighted by atomic mass is 10.1. The summed E-state index contributed by atoms with van der Waals surface area (Å²) in [6, 6.07) is 2.35. The fraction of sp³-hybridized carbons (Fsp3) is 0.889. The van der Waals surface area contributed by atoms with E-state index >= 15 is 0 Å². The first-order chi connectivity index (χ1) is 5.83. The van der Waals surface area contributed by atoms with Crippen molar-refractivity contribution in [1.82, 2.24) is 5.32 Å². The van der Waals surface area contributed by atoms with E-state index < -0.39 is 0 Å². The Bertz CT molecular complexity index is 170. The summed E-state index contributed by atoms with van der Waals surface area (Å²) in [7, 11) is 1.71. The highest BCUT2D eigenvalue weighted by Gasteiger charge is 2.42. The Balaban J connectivity index is 1.93. The lowest BCUT2D eigenvalue weighted by Gasteiger charge is -2.06. The molecule has 1 saturated carbocycles. The SMILES string of the molecule is COCCCNCC1(C#N)CC1. The average molecular weight is 168 g/mol. The molecule has 0 aromatic heterocycles. The predicted molar refractivity (Wildman–Crippen MR) is 46.6 cm³/mol. The first-order valence-electron chi connectivity index (χ1n) is 4.44. The zero-order valence-electron chi connectivity index (χ0n) is 7.60. The van der Waals surface area contributed by atoms with Gasteiger partial charge in [-0.3, -0.25) is 0 Å². The number of nitriles is 1. The van der Waals surface area contributed by atoms with Crippen molar-refractivity contribution in [2.45, 2.75) is 19.3 Å². The minimum absolute atomic E-state index is 0.00687. The fourth-order valence-electron chi connectivity index (χ4n) is 1.15. The van der Waals surface area contributed by atoms with Crippen molar-refractivity contribution in [3.05, 3.63) is 0 Å². The minimum atomic E-state index is -0.00687. The van der Waals surface area contributed by atoms with Crippen molar-refractivity contribution in [1.29, 1.82) is 5.26 Å². The molecule has 0 aromatic rings. The van der Waals surface area contributed by atoms with E-state index in [1.165, 1.54) is 0 Å². The molecular formula is C9H16N2O. The van der Waals surface area contributed by atoms with Crippen LogP contribution in [0, 0.1) is 16.7 Å². The van der Waals surface area contributed by atoms with Gasteiger partial charge in [-0.15, -0.1) is 0 Å². The zero-order valence-corrected chi connectivity index (χ0v) is 7.60. The second-order valence-electron chi connectivity index (χ2n) is 3.42. The summed E-state index contributed by atoms with van der Waals surface area (Å²) < 4.78 is 4.91. The van der Waals surface area contributed by atoms with Crippen LogP contribution in [0.1, 0.15) is 19.3 Å². The molecule has 0 aromatic carbocycles. The average Bonchev–Trinajstić information content (AvgIpc) is 2.85. The number of rotatable bonds is 6. The summed E-state index contributed by atoms with van der Waals surface area (Å²) in [5.74, 6) is 0. The van der Waals surface area contributed by atoms with Gasteiger partial charge in [0.1, 0.15) is 0 Å². The molecule has 1 fully saturated rings. The summed E-state index contributed by atoms with van der Waals surface area (Å²) in [6.07, 6.45) is 3.17. The monoisotopic (exact) mass is 168 g/mol. The standard InChI is InChI=1S/C9H16N2O/c1-12-6-2-5-11-8-9(7-10)3-4-9/h11H,2-6,8H2,1H3. The Kier molecular flexibility index (Phi) is 3.51. The number of ether oxygens (including phenoxy) is 1. The molecule has 68 valence electrons. The second kappa shape index (κ2) is 4.44. The molecule has 1 rings (SSSR count). The molecule has 0 amide bonds. The molecule has 0 spiro atoms. The van der Waals surface area contributed by atoms with Crippen molar-refractivity contribution in [2.75, 3.05) is 26.8 Å². The van der Waals surface area contributed by atoms with Gasteiger partial charge in [-0.2, -0.15) is 5.26 Å². The molecule has 3 heteroatoms. The van der Waals surface area contributed by atoms with Crippen LogP contribution < -0.4 is 5.32 Å². The molecule has 0 aliphatic heterocycles. The Hall–Kier alpha value is -0.590. The van der Waals surface area contributed by atoms with Crippen LogP contribution in [0.15, 0.2) is 0 Å². The van der Waals surface area contributed by atoms with Gasteiger partial charge in [-0.05, 0) is 25.8 Å². The maximum atomic E-state index is 8.74. The smallest absolute Gasteiger partial charge is 0.0703 e. The van der Waals surface area contributed by atoms with Gasteiger partial charge in [0.05, 0.1) is 11.5 Å². The molecule has 0 unspecified atom stereocenters. The van der Waals surface area contributed by atoms with E-state index in [0.717, 1.165) is 39.0 Å². The maximum Gasteiger partial charge on any atom is 0.0703 e. The minimum Gasteiger partial charge on any atom is -0.385 e. The van der Waals surface area contributed by atoms with E-state index in [9.17, 15) is 0 Å². The van der Waals surface area contributed by atoms with Gasteiger partial charge < -0.3 is 10.1 Å². The molecule has 0 radical (unpaired) electrons. The molecule has 0 saturated heterocycles. The summed E-state index contributed by atoms with van der Waals surface area (Å²) in [4.78, 5) is 0. The van der Waals surface area contributed by atoms with Crippen LogP contribution in [0.2, 0.25) is 0 Å². The number of nitrogens with one attached hydrogen (secondary N) is 1. The number of nitrogens with zero attached hydrogens (tertiary/aromatic N) is 1. The molecule has 0 heterocycles. The third-order valence-electron chi connectivity index (χ3n) is 2.26. The largest absolute Gasteiger partial charge is 0.385 e. The van der Waals surface area contributed by atoms with Crippen LogP contribution in [0.25, 0.3) is 0 Å². The third kappa shape index (κ3) is 2.80. The normalized spacial score (nSPS) is 18.7. The highest BCUT2D eigenvalue weighted by atomic mass is 16.5. The van der Waals surface area contributed by atoms with Crippen molar-refractivity contribution >= 4 is 0 Å². The first kappa shape index (κ1) is 9.50. The number of hydrogen-bond acceptors (Lipinski definition) is 3. The fourth-order valence-corrected chi connectivity index (χ4v) is 1.15. The Labute approximate surface area is 73.7 Å². The van der Waals surface area contributed by atoms with Crippen molar-refractivity contribution < 1.29 is 4.74 Å². The van der Waals surface area contributed by atoms with Gasteiger partial charge in [0, 0.05) is 20.3 Å². The summed E-state index contributed by atoms with van der Waals surface area (Å²) in [5.41, 5.74) is -0.00687. The Morgan fingerprint density at radius 1 is 1.58 bits per heavy atom. The van der Waals surface area contributed by atoms with E-state index in [-0.39, 0.29) is 5.41 Å². The van der Waals surface area contributed by atoms with E-state index in [1.807, 2.05) is 0 Å². The first-order valence-corrected chi connectivity index (χ1v) is 4.44. The lowest BCUT2D eigenvalue weighted by Crippen LogP contribution is -2.24. The van der Waals surface area contributed by atoms with E-state index in [0.29, 0.717) is 0 Å². The van der Waals surface area contributed by atoms with Crippen LogP contribution in [-0.4, -0.2) is 26.8 Å². The zero-order chi connectivity index (χ0) is 8.86. The number of methoxy groups -OCH3 is 1. The molecular weight excluding hydrogens is 152 g/mol. The van der Waals surface area contributed by atoms with Gasteiger partial charge >= 0.3 is 0 Å². The van der Waals surface area contributed by atoms with Crippen molar-refractivity contribution in [2.24, 2.45) is 5.41 Å². The van der Waals surface area contributed by atoms with Crippen LogP contribution in [0.5, 0.6) is 0 Å². The van der Waals surface area contributed by atoms with Crippen LogP contribution in [-0.2, 0) is 4.74 Å². The molecule has 1 aliphatic rings. The maximum absolute atomic E-state index is 8.74. The molecule has 3 nitrogen and oxygen atoms in total. The molecule has 12 heavy (non-hydrogen) atoms. The van der Waals surface area contributed by atoms with Crippen LogP contribution in [0.3, 0.4) is 0 Å². The second-order valence-corrected chi connectivity index (χ2v) is 3.42. The van der Waals surface area contributed by atoms with Gasteiger partial charge in [-0.1, -0.05) is 0 Å². The summed E-state index contributed by atoms with van der Waals surface area (Å²) in [6.45, 7) is 2.61. The third-order valence-corrected chi connectivity index (χ3v) is 2.26. The van der Waals surface area contributed by atoms with Crippen LogP contribution >= 0.6 is 0 Å². The van der Waals surface area contributed by atoms with Gasteiger partial charge in [0.25, 0.3) is 0 Å². The Morgan fingerprint density at radius 2 is 2.33 bits per heavy atom. The van der Waals surface area contributed by atoms with Crippen LogP contribution in [0.4, 0.5) is 0 Å². The van der Waals surface area contributed by atoms with Crippen molar-refractivity contribution in [3.63, 3.8) is 0 Å². The molecule has 1 aliphatic carbocycles. The number of hydrogen-bond donors (Lipinski definition) is 1. The van der Waals surface area contributed by atoms with E-state index in [1.54, 1.807) is 7.11 Å².